The van der Waals surface area contributed by atoms with Crippen molar-refractivity contribution in [3.63, 3.8) is 0 Å². The Morgan fingerprint density at radius 3 is 2.70 bits per heavy atom. The molecule has 0 amide bonds. The minimum atomic E-state index is 0.570. The SMILES string of the molecule is CN(Cc1ccc(Cl)cc1)c1nc2ccc(N)cc2o1. The van der Waals surface area contributed by atoms with Gasteiger partial charge in [-0.05, 0) is 29.8 Å². The largest absolute Gasteiger partial charge is 0.423 e. The molecule has 3 rings (SSSR count). The highest BCUT2D eigenvalue weighted by Gasteiger charge is 2.11. The molecule has 0 aliphatic carbocycles. The number of fused-ring (bicyclic) bond motifs is 1. The van der Waals surface area contributed by atoms with E-state index in [9.17, 15) is 0 Å². The lowest BCUT2D eigenvalue weighted by molar-refractivity contribution is 0.582. The van der Waals surface area contributed by atoms with Gasteiger partial charge in [0.05, 0.1) is 0 Å². The molecule has 0 saturated heterocycles. The third-order valence-electron chi connectivity index (χ3n) is 3.06. The number of halogens is 1. The van der Waals surface area contributed by atoms with E-state index in [0.29, 0.717) is 23.8 Å². The van der Waals surface area contributed by atoms with Crippen molar-refractivity contribution in [1.82, 2.24) is 4.98 Å². The molecular weight excluding hydrogens is 274 g/mol. The molecule has 0 aliphatic rings. The van der Waals surface area contributed by atoms with Crippen molar-refractivity contribution >= 4 is 34.4 Å². The molecular formula is C15H14ClN3O. The zero-order valence-corrected chi connectivity index (χ0v) is 11.8. The van der Waals surface area contributed by atoms with E-state index in [-0.39, 0.29) is 0 Å². The molecule has 4 nitrogen and oxygen atoms in total. The van der Waals surface area contributed by atoms with Crippen LogP contribution >= 0.6 is 11.6 Å². The summed E-state index contributed by atoms with van der Waals surface area (Å²) >= 11 is 5.88. The van der Waals surface area contributed by atoms with Crippen LogP contribution in [-0.4, -0.2) is 12.0 Å². The van der Waals surface area contributed by atoms with Crippen molar-refractivity contribution < 1.29 is 4.42 Å². The van der Waals surface area contributed by atoms with Crippen LogP contribution in [0.4, 0.5) is 11.7 Å². The van der Waals surface area contributed by atoms with Crippen molar-refractivity contribution in [2.75, 3.05) is 17.7 Å². The third kappa shape index (κ3) is 2.56. The van der Waals surface area contributed by atoms with Gasteiger partial charge in [0.2, 0.25) is 0 Å². The van der Waals surface area contributed by atoms with Crippen molar-refractivity contribution in [3.05, 3.63) is 53.1 Å². The number of oxazole rings is 1. The second-order valence-corrected chi connectivity index (χ2v) is 5.14. The number of rotatable bonds is 3. The number of nitrogens with zero attached hydrogens (tertiary/aromatic N) is 2. The first-order valence-electron chi connectivity index (χ1n) is 6.23. The lowest BCUT2D eigenvalue weighted by atomic mass is 10.2. The van der Waals surface area contributed by atoms with Gasteiger partial charge in [-0.2, -0.15) is 4.98 Å². The number of anilines is 2. The topological polar surface area (TPSA) is 55.3 Å². The molecule has 0 saturated carbocycles. The molecule has 5 heteroatoms. The average Bonchev–Trinajstić information content (AvgIpc) is 2.84. The summed E-state index contributed by atoms with van der Waals surface area (Å²) in [6.45, 7) is 0.694. The Hall–Kier alpha value is -2.20. The van der Waals surface area contributed by atoms with Gasteiger partial charge in [0.25, 0.3) is 6.01 Å². The minimum absolute atomic E-state index is 0.570. The summed E-state index contributed by atoms with van der Waals surface area (Å²) in [5.41, 5.74) is 9.04. The van der Waals surface area contributed by atoms with Crippen LogP contribution in [0.1, 0.15) is 5.56 Å². The summed E-state index contributed by atoms with van der Waals surface area (Å²) in [7, 11) is 1.93. The highest BCUT2D eigenvalue weighted by molar-refractivity contribution is 6.30. The summed E-state index contributed by atoms with van der Waals surface area (Å²) in [5, 5.41) is 0.730. The van der Waals surface area contributed by atoms with Crippen LogP contribution in [0.2, 0.25) is 5.02 Å². The summed E-state index contributed by atoms with van der Waals surface area (Å²) in [6, 6.07) is 13.7. The Bertz CT molecular complexity index is 736. The molecule has 2 N–H and O–H groups in total. The first-order chi connectivity index (χ1) is 9.61. The molecule has 0 atom stereocenters. The zero-order chi connectivity index (χ0) is 14.1. The number of nitrogen functional groups attached to an aromatic ring is 1. The lowest BCUT2D eigenvalue weighted by Gasteiger charge is -2.14. The van der Waals surface area contributed by atoms with E-state index in [4.69, 9.17) is 21.8 Å². The van der Waals surface area contributed by atoms with Crippen LogP contribution < -0.4 is 10.6 Å². The monoisotopic (exact) mass is 287 g/mol. The van der Waals surface area contributed by atoms with E-state index in [2.05, 4.69) is 4.98 Å². The van der Waals surface area contributed by atoms with Gasteiger partial charge in [-0.15, -0.1) is 0 Å². The Kier molecular flexibility index (Phi) is 3.24. The van der Waals surface area contributed by atoms with Crippen LogP contribution in [0.25, 0.3) is 11.1 Å². The smallest absolute Gasteiger partial charge is 0.298 e. The predicted molar refractivity (Wildman–Crippen MR) is 82.0 cm³/mol. The van der Waals surface area contributed by atoms with Crippen LogP contribution in [0, 0.1) is 0 Å². The maximum atomic E-state index is 5.88. The van der Waals surface area contributed by atoms with Crippen LogP contribution in [0.3, 0.4) is 0 Å². The van der Waals surface area contributed by atoms with Gasteiger partial charge in [0.1, 0.15) is 5.52 Å². The van der Waals surface area contributed by atoms with Crippen molar-refractivity contribution in [3.8, 4) is 0 Å². The molecule has 0 aliphatic heterocycles. The Labute approximate surface area is 121 Å². The zero-order valence-electron chi connectivity index (χ0n) is 11.0. The standard InChI is InChI=1S/C15H14ClN3O/c1-19(9-10-2-4-11(16)5-3-10)15-18-13-7-6-12(17)8-14(13)20-15/h2-8H,9,17H2,1H3. The predicted octanol–water partition coefficient (Wildman–Crippen LogP) is 3.70. The number of benzene rings is 2. The summed E-state index contributed by atoms with van der Waals surface area (Å²) < 4.78 is 5.72. The highest BCUT2D eigenvalue weighted by Crippen LogP contribution is 2.24. The second kappa shape index (κ2) is 5.06. The van der Waals surface area contributed by atoms with Gasteiger partial charge < -0.3 is 15.1 Å². The van der Waals surface area contributed by atoms with Gasteiger partial charge in [0.15, 0.2) is 5.58 Å². The van der Waals surface area contributed by atoms with E-state index in [1.54, 1.807) is 6.07 Å². The normalized spacial score (nSPS) is 10.9. The fourth-order valence-corrected chi connectivity index (χ4v) is 2.15. The minimum Gasteiger partial charge on any atom is -0.423 e. The van der Waals surface area contributed by atoms with Crippen LogP contribution in [-0.2, 0) is 6.54 Å². The molecule has 2 aromatic carbocycles. The molecule has 0 spiro atoms. The Morgan fingerprint density at radius 2 is 1.95 bits per heavy atom. The van der Waals surface area contributed by atoms with Crippen molar-refractivity contribution in [2.45, 2.75) is 6.54 Å². The van der Waals surface area contributed by atoms with E-state index in [0.717, 1.165) is 16.1 Å². The molecule has 1 aromatic heterocycles. The van der Waals surface area contributed by atoms with E-state index in [1.807, 2.05) is 48.3 Å². The number of hydrogen-bond acceptors (Lipinski definition) is 4. The summed E-state index contributed by atoms with van der Waals surface area (Å²) in [5.74, 6) is 0. The van der Waals surface area contributed by atoms with Crippen molar-refractivity contribution in [2.24, 2.45) is 0 Å². The molecule has 0 unspecified atom stereocenters. The number of nitrogens with two attached hydrogens (primary N) is 1. The molecule has 0 radical (unpaired) electrons. The van der Waals surface area contributed by atoms with Gasteiger partial charge in [-0.3, -0.25) is 0 Å². The first-order valence-corrected chi connectivity index (χ1v) is 6.61. The third-order valence-corrected chi connectivity index (χ3v) is 3.31. The maximum absolute atomic E-state index is 5.88. The molecule has 0 bridgehead atoms. The molecule has 0 fully saturated rings. The number of hydrogen-bond donors (Lipinski definition) is 1. The van der Waals surface area contributed by atoms with Gasteiger partial charge in [0, 0.05) is 30.4 Å². The summed E-state index contributed by atoms with van der Waals surface area (Å²) in [4.78, 5) is 6.39. The maximum Gasteiger partial charge on any atom is 0.298 e. The molecule has 3 aromatic rings. The highest BCUT2D eigenvalue weighted by atomic mass is 35.5. The van der Waals surface area contributed by atoms with Crippen molar-refractivity contribution in [1.29, 1.82) is 0 Å². The first kappa shape index (κ1) is 12.8. The fraction of sp³-hybridized carbons (Fsp3) is 0.133. The Morgan fingerprint density at radius 1 is 1.20 bits per heavy atom. The van der Waals surface area contributed by atoms with Gasteiger partial charge >= 0.3 is 0 Å². The van der Waals surface area contributed by atoms with Gasteiger partial charge in [-0.1, -0.05) is 23.7 Å². The van der Waals surface area contributed by atoms with E-state index < -0.39 is 0 Å². The average molecular weight is 288 g/mol. The molecule has 1 heterocycles. The molecule has 20 heavy (non-hydrogen) atoms. The Balaban J connectivity index is 1.84. The van der Waals surface area contributed by atoms with Crippen LogP contribution in [0.15, 0.2) is 46.9 Å². The van der Waals surface area contributed by atoms with E-state index in [1.165, 1.54) is 0 Å². The second-order valence-electron chi connectivity index (χ2n) is 4.71. The van der Waals surface area contributed by atoms with Gasteiger partial charge in [-0.25, -0.2) is 0 Å². The lowest BCUT2D eigenvalue weighted by Crippen LogP contribution is -2.16. The van der Waals surface area contributed by atoms with E-state index >= 15 is 0 Å². The number of aromatic nitrogens is 1. The fourth-order valence-electron chi connectivity index (χ4n) is 2.02. The molecule has 102 valence electrons. The van der Waals surface area contributed by atoms with Crippen LogP contribution in [0.5, 0.6) is 0 Å². The summed E-state index contributed by atoms with van der Waals surface area (Å²) in [6.07, 6.45) is 0. The quantitative estimate of drug-likeness (QED) is 0.746.